The third kappa shape index (κ3) is 5.20. The van der Waals surface area contributed by atoms with Gasteiger partial charge in [0.05, 0.1) is 13.2 Å². The van der Waals surface area contributed by atoms with Crippen LogP contribution < -0.4 is 16.6 Å². The molecule has 1 aromatic rings. The minimum atomic E-state index is -0.229. The Kier molecular flexibility index (Phi) is 5.77. The van der Waals surface area contributed by atoms with Crippen molar-refractivity contribution in [3.05, 3.63) is 28.7 Å². The number of nitrogens with one attached hydrogen (secondary N) is 1. The van der Waals surface area contributed by atoms with Crippen molar-refractivity contribution in [3.63, 3.8) is 0 Å². The Morgan fingerprint density at radius 1 is 1.33 bits per heavy atom. The number of nitrogen functional groups attached to an aromatic ring is 1. The van der Waals surface area contributed by atoms with Gasteiger partial charge in [-0.1, -0.05) is 0 Å². The molecule has 116 valence electrons. The molecule has 0 saturated carbocycles. The average molecular weight is 294 g/mol. The molecule has 2 heterocycles. The van der Waals surface area contributed by atoms with E-state index in [0.717, 1.165) is 39.3 Å². The monoisotopic (exact) mass is 294 g/mol. The fourth-order valence-corrected chi connectivity index (χ4v) is 2.24. The summed E-state index contributed by atoms with van der Waals surface area (Å²) in [5.41, 5.74) is 5.84. The number of hydrogen-bond acceptors (Lipinski definition) is 5. The summed E-state index contributed by atoms with van der Waals surface area (Å²) in [5, 5.41) is 2.82. The second-order valence-electron chi connectivity index (χ2n) is 5.09. The second-order valence-corrected chi connectivity index (χ2v) is 5.09. The molecule has 0 atom stereocenters. The molecule has 0 unspecified atom stereocenters. The first-order valence-corrected chi connectivity index (χ1v) is 7.18. The van der Waals surface area contributed by atoms with Crippen LogP contribution in [0.2, 0.25) is 0 Å². The zero-order valence-electron chi connectivity index (χ0n) is 12.1. The van der Waals surface area contributed by atoms with Gasteiger partial charge in [0.25, 0.3) is 5.56 Å². The van der Waals surface area contributed by atoms with Crippen LogP contribution in [0.4, 0.5) is 5.69 Å². The molecule has 2 rings (SSSR count). The van der Waals surface area contributed by atoms with Gasteiger partial charge in [-0.15, -0.1) is 0 Å². The average Bonchev–Trinajstić information content (AvgIpc) is 2.48. The molecule has 1 aliphatic rings. The van der Waals surface area contributed by atoms with Crippen molar-refractivity contribution in [1.82, 2.24) is 14.8 Å². The minimum Gasteiger partial charge on any atom is -0.398 e. The lowest BCUT2D eigenvalue weighted by Crippen LogP contribution is -2.38. The van der Waals surface area contributed by atoms with Gasteiger partial charge < -0.3 is 20.4 Å². The zero-order chi connectivity index (χ0) is 15.1. The minimum absolute atomic E-state index is 0.00142. The van der Waals surface area contributed by atoms with Crippen LogP contribution in [0.1, 0.15) is 6.42 Å². The standard InChI is InChI=1S/C14H22N4O3/c15-12-2-3-14(20)18(10-12)11-13(19)16-4-1-5-17-6-8-21-9-7-17/h2-3,10H,1,4-9,11,15H2,(H,16,19). The highest BCUT2D eigenvalue weighted by atomic mass is 16.5. The molecule has 0 bridgehead atoms. The third-order valence-corrected chi connectivity index (χ3v) is 3.40. The molecule has 1 saturated heterocycles. The molecule has 0 spiro atoms. The van der Waals surface area contributed by atoms with E-state index < -0.39 is 0 Å². The SMILES string of the molecule is Nc1ccc(=O)n(CC(=O)NCCCN2CCOCC2)c1. The molecule has 0 aliphatic carbocycles. The Morgan fingerprint density at radius 2 is 2.10 bits per heavy atom. The highest BCUT2D eigenvalue weighted by Crippen LogP contribution is 1.98. The number of ether oxygens (including phenoxy) is 1. The van der Waals surface area contributed by atoms with Crippen LogP contribution in [0.3, 0.4) is 0 Å². The normalized spacial score (nSPS) is 15.8. The van der Waals surface area contributed by atoms with Crippen LogP contribution in [0.15, 0.2) is 23.1 Å². The van der Waals surface area contributed by atoms with E-state index in [1.807, 2.05) is 0 Å². The molecule has 21 heavy (non-hydrogen) atoms. The van der Waals surface area contributed by atoms with E-state index >= 15 is 0 Å². The summed E-state index contributed by atoms with van der Waals surface area (Å²) in [6.07, 6.45) is 2.37. The third-order valence-electron chi connectivity index (χ3n) is 3.40. The Balaban J connectivity index is 1.67. The lowest BCUT2D eigenvalue weighted by Gasteiger charge is -2.26. The number of nitrogens with zero attached hydrogens (tertiary/aromatic N) is 2. The number of carbonyl (C=O) groups is 1. The number of pyridine rings is 1. The van der Waals surface area contributed by atoms with E-state index in [-0.39, 0.29) is 18.0 Å². The van der Waals surface area contributed by atoms with E-state index in [1.54, 1.807) is 0 Å². The van der Waals surface area contributed by atoms with Crippen molar-refractivity contribution in [2.45, 2.75) is 13.0 Å². The number of morpholine rings is 1. The summed E-state index contributed by atoms with van der Waals surface area (Å²) in [7, 11) is 0. The largest absolute Gasteiger partial charge is 0.398 e. The highest BCUT2D eigenvalue weighted by Gasteiger charge is 2.09. The summed E-state index contributed by atoms with van der Waals surface area (Å²) >= 11 is 0. The van der Waals surface area contributed by atoms with Gasteiger partial charge in [-0.2, -0.15) is 0 Å². The van der Waals surface area contributed by atoms with Gasteiger partial charge in [0, 0.05) is 37.6 Å². The van der Waals surface area contributed by atoms with Gasteiger partial charge >= 0.3 is 0 Å². The molecule has 7 heteroatoms. The topological polar surface area (TPSA) is 89.6 Å². The van der Waals surface area contributed by atoms with Gasteiger partial charge in [-0.3, -0.25) is 14.5 Å². The fraction of sp³-hybridized carbons (Fsp3) is 0.571. The van der Waals surface area contributed by atoms with Crippen LogP contribution >= 0.6 is 0 Å². The van der Waals surface area contributed by atoms with Gasteiger partial charge in [-0.25, -0.2) is 0 Å². The maximum absolute atomic E-state index is 11.8. The molecular formula is C14H22N4O3. The number of nitrogens with two attached hydrogens (primary N) is 1. The molecule has 1 amide bonds. The Morgan fingerprint density at radius 3 is 2.86 bits per heavy atom. The van der Waals surface area contributed by atoms with Crippen molar-refractivity contribution in [3.8, 4) is 0 Å². The number of aromatic nitrogens is 1. The highest BCUT2D eigenvalue weighted by molar-refractivity contribution is 5.75. The number of anilines is 1. The van der Waals surface area contributed by atoms with E-state index in [9.17, 15) is 9.59 Å². The van der Waals surface area contributed by atoms with E-state index in [1.165, 1.54) is 22.9 Å². The van der Waals surface area contributed by atoms with Gasteiger partial charge in [0.2, 0.25) is 5.91 Å². The van der Waals surface area contributed by atoms with E-state index in [0.29, 0.717) is 12.2 Å². The maximum atomic E-state index is 11.8. The summed E-state index contributed by atoms with van der Waals surface area (Å²) in [5.74, 6) is -0.176. The summed E-state index contributed by atoms with van der Waals surface area (Å²) in [4.78, 5) is 25.7. The lowest BCUT2D eigenvalue weighted by molar-refractivity contribution is -0.121. The van der Waals surface area contributed by atoms with E-state index in [4.69, 9.17) is 10.5 Å². The van der Waals surface area contributed by atoms with Crippen molar-refractivity contribution in [2.75, 3.05) is 45.1 Å². The van der Waals surface area contributed by atoms with Gasteiger partial charge in [-0.05, 0) is 19.0 Å². The van der Waals surface area contributed by atoms with Crippen molar-refractivity contribution < 1.29 is 9.53 Å². The van der Waals surface area contributed by atoms with Crippen molar-refractivity contribution >= 4 is 11.6 Å². The molecule has 3 N–H and O–H groups in total. The van der Waals surface area contributed by atoms with E-state index in [2.05, 4.69) is 10.2 Å². The van der Waals surface area contributed by atoms with Crippen molar-refractivity contribution in [1.29, 1.82) is 0 Å². The molecule has 0 aromatic carbocycles. The molecule has 1 fully saturated rings. The Bertz CT molecular complexity index is 523. The molecular weight excluding hydrogens is 272 g/mol. The first kappa shape index (κ1) is 15.5. The number of rotatable bonds is 6. The number of hydrogen-bond donors (Lipinski definition) is 2. The second kappa shape index (κ2) is 7.80. The molecule has 1 aromatic heterocycles. The smallest absolute Gasteiger partial charge is 0.251 e. The van der Waals surface area contributed by atoms with Gasteiger partial charge in [0.15, 0.2) is 0 Å². The van der Waals surface area contributed by atoms with Crippen LogP contribution in [0.5, 0.6) is 0 Å². The summed E-state index contributed by atoms with van der Waals surface area (Å²) in [6.45, 7) is 5.02. The van der Waals surface area contributed by atoms with Crippen LogP contribution in [-0.2, 0) is 16.1 Å². The molecule has 7 nitrogen and oxygen atoms in total. The quantitative estimate of drug-likeness (QED) is 0.675. The number of amides is 1. The zero-order valence-corrected chi connectivity index (χ0v) is 12.1. The van der Waals surface area contributed by atoms with Crippen LogP contribution in [0, 0.1) is 0 Å². The van der Waals surface area contributed by atoms with Crippen molar-refractivity contribution in [2.24, 2.45) is 0 Å². The Hall–Kier alpha value is -1.86. The summed E-state index contributed by atoms with van der Waals surface area (Å²) in [6, 6.07) is 2.89. The summed E-state index contributed by atoms with van der Waals surface area (Å²) < 4.78 is 6.59. The Labute approximate surface area is 123 Å². The number of carbonyl (C=O) groups excluding carboxylic acids is 1. The van der Waals surface area contributed by atoms with Gasteiger partial charge in [0.1, 0.15) is 6.54 Å². The predicted octanol–water partition coefficient (Wildman–Crippen LogP) is -0.731. The lowest BCUT2D eigenvalue weighted by atomic mass is 10.3. The maximum Gasteiger partial charge on any atom is 0.251 e. The first-order chi connectivity index (χ1) is 10.1. The predicted molar refractivity (Wildman–Crippen MR) is 80.0 cm³/mol. The molecule has 0 radical (unpaired) electrons. The molecule has 1 aliphatic heterocycles. The first-order valence-electron chi connectivity index (χ1n) is 7.18. The fourth-order valence-electron chi connectivity index (χ4n) is 2.24. The van der Waals surface area contributed by atoms with Crippen LogP contribution in [0.25, 0.3) is 0 Å². The van der Waals surface area contributed by atoms with Crippen LogP contribution in [-0.4, -0.2) is 54.8 Å².